The highest BCUT2D eigenvalue weighted by atomic mass is 32.2. The number of hydrogen-bond acceptors (Lipinski definition) is 3. The molecule has 0 amide bonds. The topological polar surface area (TPSA) is 68.3 Å². The number of primary sulfonamides is 1. The minimum atomic E-state index is -3.78. The van der Waals surface area contributed by atoms with Crippen LogP contribution in [0.4, 0.5) is 5.69 Å². The van der Waals surface area contributed by atoms with E-state index < -0.39 is 10.0 Å². The summed E-state index contributed by atoms with van der Waals surface area (Å²) in [5.74, 6) is 0.589. The molecule has 182 valence electrons. The predicted molar refractivity (Wildman–Crippen MR) is 137 cm³/mol. The maximum Gasteiger partial charge on any atom is 0.239 e. The lowest BCUT2D eigenvalue weighted by atomic mass is 9.83. The molecule has 2 N–H and O–H groups in total. The van der Waals surface area contributed by atoms with E-state index in [9.17, 15) is 8.42 Å². The van der Waals surface area contributed by atoms with E-state index in [1.165, 1.54) is 62.6 Å². The summed E-state index contributed by atoms with van der Waals surface area (Å²) in [7, 11) is -3.78. The zero-order valence-corrected chi connectivity index (χ0v) is 21.7. The molecule has 0 bridgehead atoms. The van der Waals surface area contributed by atoms with Crippen LogP contribution >= 0.6 is 0 Å². The lowest BCUT2D eigenvalue weighted by Crippen LogP contribution is -2.31. The zero-order valence-electron chi connectivity index (χ0n) is 20.9. The van der Waals surface area contributed by atoms with Gasteiger partial charge >= 0.3 is 0 Å². The van der Waals surface area contributed by atoms with Crippen LogP contribution in [0.25, 0.3) is 11.3 Å². The van der Waals surface area contributed by atoms with E-state index in [0.29, 0.717) is 5.92 Å². The Labute approximate surface area is 200 Å². The summed E-state index contributed by atoms with van der Waals surface area (Å²) in [6.07, 6.45) is 10.1. The average Bonchev–Trinajstić information content (AvgIpc) is 3.10. The van der Waals surface area contributed by atoms with Crippen LogP contribution in [0.1, 0.15) is 83.4 Å². The van der Waals surface area contributed by atoms with Crippen molar-refractivity contribution in [2.45, 2.75) is 95.9 Å². The maximum absolute atomic E-state index is 12.4. The van der Waals surface area contributed by atoms with Gasteiger partial charge in [0.2, 0.25) is 10.0 Å². The van der Waals surface area contributed by atoms with Crippen LogP contribution in [0.15, 0.2) is 29.2 Å². The van der Waals surface area contributed by atoms with E-state index >= 15 is 0 Å². The highest BCUT2D eigenvalue weighted by Gasteiger charge is 2.26. The van der Waals surface area contributed by atoms with E-state index in [2.05, 4.69) is 48.4 Å². The Hall–Kier alpha value is -1.79. The first-order valence-corrected chi connectivity index (χ1v) is 14.2. The standard InChI is InChI=1S/C27H41N3O2S/c1-20-26(33(28,31)32)18-25(30(20)19-21-11-7-5-8-12-21)22-13-14-24(23(17-22)27(2,3)4)29-15-9-6-10-16-29/h13-14,17-18,21H,5-12,15-16,19H2,1-4H3,(H2,28,31,32). The number of piperidine rings is 1. The molecule has 0 radical (unpaired) electrons. The molecule has 2 aromatic rings. The molecule has 33 heavy (non-hydrogen) atoms. The summed E-state index contributed by atoms with van der Waals surface area (Å²) in [4.78, 5) is 2.78. The largest absolute Gasteiger partial charge is 0.371 e. The van der Waals surface area contributed by atoms with Crippen LogP contribution < -0.4 is 10.0 Å². The summed E-state index contributed by atoms with van der Waals surface area (Å²) in [5.41, 5.74) is 5.44. The van der Waals surface area contributed by atoms with Gasteiger partial charge in [-0.2, -0.15) is 0 Å². The Morgan fingerprint density at radius 1 is 0.970 bits per heavy atom. The Balaban J connectivity index is 1.81. The van der Waals surface area contributed by atoms with Crippen LogP contribution in [-0.4, -0.2) is 26.1 Å². The number of rotatable bonds is 5. The number of anilines is 1. The monoisotopic (exact) mass is 471 g/mol. The fourth-order valence-electron chi connectivity index (χ4n) is 5.72. The molecular formula is C27H41N3O2S. The molecule has 1 aromatic carbocycles. The van der Waals surface area contributed by atoms with Gasteiger partial charge in [0.05, 0.1) is 0 Å². The summed E-state index contributed by atoms with van der Waals surface area (Å²) < 4.78 is 27.0. The van der Waals surface area contributed by atoms with Crippen molar-refractivity contribution in [1.82, 2.24) is 4.57 Å². The van der Waals surface area contributed by atoms with Crippen molar-refractivity contribution >= 4 is 15.7 Å². The minimum Gasteiger partial charge on any atom is -0.371 e. The predicted octanol–water partition coefficient (Wildman–Crippen LogP) is 5.98. The molecular weight excluding hydrogens is 430 g/mol. The molecule has 0 atom stereocenters. The first-order chi connectivity index (χ1) is 15.6. The van der Waals surface area contributed by atoms with Gasteiger partial charge in [0, 0.05) is 36.7 Å². The normalized spacial score (nSPS) is 18.6. The van der Waals surface area contributed by atoms with E-state index in [1.807, 2.05) is 6.92 Å². The smallest absolute Gasteiger partial charge is 0.239 e. The molecule has 1 aliphatic heterocycles. The summed E-state index contributed by atoms with van der Waals surface area (Å²) in [5, 5.41) is 5.62. The quantitative estimate of drug-likeness (QED) is 0.583. The van der Waals surface area contributed by atoms with Crippen LogP contribution in [0.2, 0.25) is 0 Å². The molecule has 0 spiro atoms. The van der Waals surface area contributed by atoms with Crippen molar-refractivity contribution in [3.8, 4) is 11.3 Å². The molecule has 6 heteroatoms. The second-order valence-electron chi connectivity index (χ2n) is 11.2. The van der Waals surface area contributed by atoms with Gasteiger partial charge in [-0.3, -0.25) is 0 Å². The molecule has 1 aromatic heterocycles. The fraction of sp³-hybridized carbons (Fsp3) is 0.630. The molecule has 2 heterocycles. The maximum atomic E-state index is 12.4. The van der Waals surface area contributed by atoms with Gasteiger partial charge in [-0.05, 0) is 79.7 Å². The summed E-state index contributed by atoms with van der Waals surface area (Å²) >= 11 is 0. The second kappa shape index (κ2) is 9.46. The first-order valence-electron chi connectivity index (χ1n) is 12.7. The van der Waals surface area contributed by atoms with Crippen molar-refractivity contribution < 1.29 is 8.42 Å². The third-order valence-electron chi connectivity index (χ3n) is 7.59. The lowest BCUT2D eigenvalue weighted by Gasteiger charge is -2.34. The van der Waals surface area contributed by atoms with Gasteiger partial charge in [-0.15, -0.1) is 0 Å². The SMILES string of the molecule is Cc1c(S(N)(=O)=O)cc(-c2ccc(N3CCCCC3)c(C(C)(C)C)c2)n1CC1CCCCC1. The summed E-state index contributed by atoms with van der Waals surface area (Å²) in [6, 6.07) is 8.53. The Morgan fingerprint density at radius 2 is 1.61 bits per heavy atom. The van der Waals surface area contributed by atoms with Crippen LogP contribution in [0.5, 0.6) is 0 Å². The Morgan fingerprint density at radius 3 is 2.21 bits per heavy atom. The van der Waals surface area contributed by atoms with Gasteiger partial charge in [-0.1, -0.05) is 46.1 Å². The average molecular weight is 472 g/mol. The van der Waals surface area contributed by atoms with Gasteiger partial charge in [0.1, 0.15) is 4.90 Å². The number of benzene rings is 1. The van der Waals surface area contributed by atoms with Gasteiger partial charge in [0.25, 0.3) is 0 Å². The van der Waals surface area contributed by atoms with Crippen molar-refractivity contribution in [3.05, 3.63) is 35.5 Å². The highest BCUT2D eigenvalue weighted by Crippen LogP contribution is 2.39. The van der Waals surface area contributed by atoms with Crippen molar-refractivity contribution in [2.24, 2.45) is 11.1 Å². The number of hydrogen-bond donors (Lipinski definition) is 1. The number of nitrogens with two attached hydrogens (primary N) is 1. The fourth-order valence-corrected chi connectivity index (χ4v) is 6.52. The molecule has 1 aliphatic carbocycles. The third kappa shape index (κ3) is 5.32. The number of nitrogens with zero attached hydrogens (tertiary/aromatic N) is 2. The lowest BCUT2D eigenvalue weighted by molar-refractivity contribution is 0.318. The van der Waals surface area contributed by atoms with Crippen LogP contribution in [-0.2, 0) is 22.0 Å². The van der Waals surface area contributed by atoms with Crippen molar-refractivity contribution in [2.75, 3.05) is 18.0 Å². The van der Waals surface area contributed by atoms with Gasteiger partial charge in [-0.25, -0.2) is 13.6 Å². The van der Waals surface area contributed by atoms with Crippen LogP contribution in [0.3, 0.4) is 0 Å². The molecule has 2 aliphatic rings. The van der Waals surface area contributed by atoms with E-state index in [-0.39, 0.29) is 10.3 Å². The highest BCUT2D eigenvalue weighted by molar-refractivity contribution is 7.89. The molecule has 2 fully saturated rings. The molecule has 1 saturated carbocycles. The van der Waals surface area contributed by atoms with E-state index in [0.717, 1.165) is 36.6 Å². The molecule has 1 saturated heterocycles. The van der Waals surface area contributed by atoms with E-state index in [4.69, 9.17) is 5.14 Å². The van der Waals surface area contributed by atoms with E-state index in [1.54, 1.807) is 6.07 Å². The van der Waals surface area contributed by atoms with Crippen LogP contribution in [0, 0.1) is 12.8 Å². The van der Waals surface area contributed by atoms with Gasteiger partial charge in [0.15, 0.2) is 0 Å². The van der Waals surface area contributed by atoms with Crippen molar-refractivity contribution in [3.63, 3.8) is 0 Å². The zero-order chi connectivity index (χ0) is 23.8. The van der Waals surface area contributed by atoms with Gasteiger partial charge < -0.3 is 9.47 Å². The minimum absolute atomic E-state index is 0.0125. The first kappa shape index (κ1) is 24.3. The van der Waals surface area contributed by atoms with Crippen molar-refractivity contribution in [1.29, 1.82) is 0 Å². The Bertz CT molecular complexity index is 1080. The Kier molecular flexibility index (Phi) is 6.97. The molecule has 0 unspecified atom stereocenters. The second-order valence-corrected chi connectivity index (χ2v) is 12.7. The molecule has 5 nitrogen and oxygen atoms in total. The third-order valence-corrected chi connectivity index (χ3v) is 8.62. The summed E-state index contributed by atoms with van der Waals surface area (Å²) in [6.45, 7) is 11.8. The molecule has 4 rings (SSSR count). The number of sulfonamides is 1. The number of aromatic nitrogens is 1.